The number of esters is 1. The Hall–Kier alpha value is -2.08. The molecule has 0 aliphatic heterocycles. The van der Waals surface area contributed by atoms with Gasteiger partial charge in [0.1, 0.15) is 5.69 Å². The van der Waals surface area contributed by atoms with Gasteiger partial charge in [0.2, 0.25) is 0 Å². The van der Waals surface area contributed by atoms with Crippen LogP contribution in [0, 0.1) is 13.8 Å². The first-order valence-corrected chi connectivity index (χ1v) is 7.53. The van der Waals surface area contributed by atoms with Gasteiger partial charge in [0, 0.05) is 16.7 Å². The molecule has 22 heavy (non-hydrogen) atoms. The zero-order chi connectivity index (χ0) is 16.3. The van der Waals surface area contributed by atoms with Crippen molar-refractivity contribution >= 4 is 27.8 Å². The Bertz CT molecular complexity index is 722. The second-order valence-electron chi connectivity index (χ2n) is 4.93. The van der Waals surface area contributed by atoms with Gasteiger partial charge >= 0.3 is 5.97 Å². The van der Waals surface area contributed by atoms with Gasteiger partial charge in [-0.15, -0.1) is 0 Å². The minimum absolute atomic E-state index is 0.254. The Kier molecular flexibility index (Phi) is 5.03. The van der Waals surface area contributed by atoms with Gasteiger partial charge in [-0.1, -0.05) is 28.1 Å². The molecule has 0 unspecified atom stereocenters. The molecule has 1 heterocycles. The van der Waals surface area contributed by atoms with Crippen LogP contribution < -0.4 is 5.32 Å². The molecular weight excluding hydrogens is 348 g/mol. The number of carbonyl (C=O) groups excluding carboxylic acids is 2. The molecule has 0 atom stereocenters. The van der Waals surface area contributed by atoms with Gasteiger partial charge in [-0.3, -0.25) is 4.79 Å². The quantitative estimate of drug-likeness (QED) is 0.818. The summed E-state index contributed by atoms with van der Waals surface area (Å²) in [6.45, 7) is 3.87. The van der Waals surface area contributed by atoms with E-state index in [1.165, 1.54) is 7.11 Å². The van der Waals surface area contributed by atoms with E-state index in [1.54, 1.807) is 13.8 Å². The first-order valence-electron chi connectivity index (χ1n) is 6.74. The highest BCUT2D eigenvalue weighted by Gasteiger charge is 2.22. The molecule has 2 N–H and O–H groups in total. The fourth-order valence-corrected chi connectivity index (χ4v) is 2.75. The molecule has 2 rings (SSSR count). The number of hydrogen-bond acceptors (Lipinski definition) is 3. The summed E-state index contributed by atoms with van der Waals surface area (Å²) in [4.78, 5) is 27.0. The average Bonchev–Trinajstić information content (AvgIpc) is 2.79. The molecule has 1 aromatic heterocycles. The largest absolute Gasteiger partial charge is 0.465 e. The van der Waals surface area contributed by atoms with Crippen molar-refractivity contribution in [1.82, 2.24) is 10.3 Å². The van der Waals surface area contributed by atoms with Crippen LogP contribution >= 0.6 is 15.9 Å². The molecule has 1 amide bonds. The predicted molar refractivity (Wildman–Crippen MR) is 86.9 cm³/mol. The number of methoxy groups -OCH3 is 1. The molecule has 1 aromatic carbocycles. The second-order valence-corrected chi connectivity index (χ2v) is 5.84. The van der Waals surface area contributed by atoms with Crippen molar-refractivity contribution in [1.29, 1.82) is 0 Å². The number of aromatic amines is 1. The van der Waals surface area contributed by atoms with Gasteiger partial charge in [0.15, 0.2) is 0 Å². The number of aromatic nitrogens is 1. The molecule has 0 saturated carbocycles. The summed E-state index contributed by atoms with van der Waals surface area (Å²) >= 11 is 3.39. The lowest BCUT2D eigenvalue weighted by Gasteiger charge is -2.06. The minimum Gasteiger partial charge on any atom is -0.465 e. The maximum Gasteiger partial charge on any atom is 0.339 e. The number of ether oxygens (including phenoxy) is 1. The molecule has 0 bridgehead atoms. The summed E-state index contributed by atoms with van der Waals surface area (Å²) in [6, 6.07) is 7.70. The second kappa shape index (κ2) is 6.79. The molecule has 0 aliphatic rings. The Balaban J connectivity index is 2.15. The summed E-state index contributed by atoms with van der Waals surface area (Å²) in [5.41, 5.74) is 2.99. The number of halogens is 1. The van der Waals surface area contributed by atoms with Gasteiger partial charge in [-0.2, -0.15) is 0 Å². The van der Waals surface area contributed by atoms with Crippen LogP contribution in [0.4, 0.5) is 0 Å². The van der Waals surface area contributed by atoms with Crippen molar-refractivity contribution in [2.75, 3.05) is 7.11 Å². The van der Waals surface area contributed by atoms with Crippen LogP contribution in [-0.4, -0.2) is 24.0 Å². The number of aryl methyl sites for hydroxylation is 1. The van der Waals surface area contributed by atoms with Crippen molar-refractivity contribution < 1.29 is 14.3 Å². The Morgan fingerprint density at radius 2 is 2.05 bits per heavy atom. The molecule has 0 radical (unpaired) electrons. The summed E-state index contributed by atoms with van der Waals surface area (Å²) < 4.78 is 5.70. The number of rotatable bonds is 4. The van der Waals surface area contributed by atoms with Crippen molar-refractivity contribution in [3.63, 3.8) is 0 Å². The number of amides is 1. The van der Waals surface area contributed by atoms with Gasteiger partial charge in [-0.25, -0.2) is 4.79 Å². The maximum atomic E-state index is 12.3. The monoisotopic (exact) mass is 364 g/mol. The number of hydrogen-bond donors (Lipinski definition) is 2. The highest BCUT2D eigenvalue weighted by atomic mass is 79.9. The van der Waals surface area contributed by atoms with E-state index in [0.717, 1.165) is 10.0 Å². The SMILES string of the molecule is COC(=O)c1c(C)[nH]c(C(=O)NCc2cccc(Br)c2)c1C. The summed E-state index contributed by atoms with van der Waals surface area (Å²) in [7, 11) is 1.32. The number of H-pyrrole nitrogens is 1. The van der Waals surface area contributed by atoms with Crippen molar-refractivity contribution in [3.05, 3.63) is 56.8 Å². The summed E-state index contributed by atoms with van der Waals surface area (Å²) in [5, 5.41) is 2.84. The van der Waals surface area contributed by atoms with Crippen LogP contribution in [0.2, 0.25) is 0 Å². The van der Waals surface area contributed by atoms with Gasteiger partial charge in [-0.05, 0) is 37.1 Å². The molecular formula is C16H17BrN2O3. The molecule has 0 saturated heterocycles. The maximum absolute atomic E-state index is 12.3. The van der Waals surface area contributed by atoms with Crippen LogP contribution in [-0.2, 0) is 11.3 Å². The van der Waals surface area contributed by atoms with E-state index in [0.29, 0.717) is 29.1 Å². The van der Waals surface area contributed by atoms with Gasteiger partial charge in [0.05, 0.1) is 12.7 Å². The highest BCUT2D eigenvalue weighted by molar-refractivity contribution is 9.10. The molecule has 0 aliphatic carbocycles. The average molecular weight is 365 g/mol. The standard InChI is InChI=1S/C16H17BrN2O3/c1-9-13(16(21)22-3)10(2)19-14(9)15(20)18-8-11-5-4-6-12(17)7-11/h4-7,19H,8H2,1-3H3,(H,18,20). The molecule has 5 nitrogen and oxygen atoms in total. The Labute approximate surface area is 137 Å². The molecule has 0 spiro atoms. The minimum atomic E-state index is -0.447. The van der Waals surface area contributed by atoms with Crippen LogP contribution in [0.5, 0.6) is 0 Å². The Morgan fingerprint density at radius 1 is 1.32 bits per heavy atom. The van der Waals surface area contributed by atoms with E-state index >= 15 is 0 Å². The fourth-order valence-electron chi connectivity index (χ4n) is 2.30. The Morgan fingerprint density at radius 3 is 2.68 bits per heavy atom. The topological polar surface area (TPSA) is 71.2 Å². The molecule has 0 fully saturated rings. The first-order chi connectivity index (χ1) is 10.4. The summed E-state index contributed by atoms with van der Waals surface area (Å²) in [5.74, 6) is -0.701. The lowest BCUT2D eigenvalue weighted by Crippen LogP contribution is -2.24. The van der Waals surface area contributed by atoms with E-state index < -0.39 is 5.97 Å². The third-order valence-corrected chi connectivity index (χ3v) is 3.89. The van der Waals surface area contributed by atoms with Crippen LogP contribution in [0.15, 0.2) is 28.7 Å². The molecule has 2 aromatic rings. The zero-order valence-electron chi connectivity index (χ0n) is 12.6. The van der Waals surface area contributed by atoms with E-state index in [1.807, 2.05) is 24.3 Å². The summed E-state index contributed by atoms with van der Waals surface area (Å²) in [6.07, 6.45) is 0. The lowest BCUT2D eigenvalue weighted by molar-refractivity contribution is 0.0599. The smallest absolute Gasteiger partial charge is 0.339 e. The molecule has 116 valence electrons. The van der Waals surface area contributed by atoms with Crippen LogP contribution in [0.25, 0.3) is 0 Å². The predicted octanol–water partition coefficient (Wildman–Crippen LogP) is 3.11. The highest BCUT2D eigenvalue weighted by Crippen LogP contribution is 2.19. The number of nitrogens with one attached hydrogen (secondary N) is 2. The van der Waals surface area contributed by atoms with E-state index in [2.05, 4.69) is 26.2 Å². The first kappa shape index (κ1) is 16.3. The van der Waals surface area contributed by atoms with Crippen LogP contribution in [0.3, 0.4) is 0 Å². The van der Waals surface area contributed by atoms with Gasteiger partial charge in [0.25, 0.3) is 5.91 Å². The van der Waals surface area contributed by atoms with Crippen LogP contribution in [0.1, 0.15) is 37.7 Å². The van der Waals surface area contributed by atoms with Crippen molar-refractivity contribution in [2.45, 2.75) is 20.4 Å². The van der Waals surface area contributed by atoms with E-state index in [-0.39, 0.29) is 5.91 Å². The number of benzene rings is 1. The van der Waals surface area contributed by atoms with Crippen molar-refractivity contribution in [2.24, 2.45) is 0 Å². The van der Waals surface area contributed by atoms with Gasteiger partial charge < -0.3 is 15.0 Å². The normalized spacial score (nSPS) is 10.4. The number of carbonyl (C=O) groups is 2. The fraction of sp³-hybridized carbons (Fsp3) is 0.250. The third kappa shape index (κ3) is 3.39. The zero-order valence-corrected chi connectivity index (χ0v) is 14.2. The van der Waals surface area contributed by atoms with E-state index in [4.69, 9.17) is 4.74 Å². The third-order valence-electron chi connectivity index (χ3n) is 3.40. The molecule has 6 heteroatoms. The lowest BCUT2D eigenvalue weighted by atomic mass is 10.1. The van der Waals surface area contributed by atoms with Crippen molar-refractivity contribution in [3.8, 4) is 0 Å². The van der Waals surface area contributed by atoms with E-state index in [9.17, 15) is 9.59 Å².